The second-order valence-corrected chi connectivity index (χ2v) is 6.27. The van der Waals surface area contributed by atoms with Gasteiger partial charge in [0.15, 0.2) is 12.7 Å². The SMILES string of the molecule is CN(C)c1ccc(/C=C/c2cccc[n+]2CCS)cc1.NCCS. The number of anilines is 1. The molecule has 130 valence electrons. The third kappa shape index (κ3) is 7.43. The summed E-state index contributed by atoms with van der Waals surface area (Å²) in [5.74, 6) is 1.63. The fourth-order valence-electron chi connectivity index (χ4n) is 2.02. The summed E-state index contributed by atoms with van der Waals surface area (Å²) in [6, 6.07) is 14.8. The number of hydrogen-bond acceptors (Lipinski definition) is 4. The standard InChI is InChI=1S/C17H20N2S.C2H7NS/c1-18(2)16-9-6-15(7-10-16)8-11-17-5-3-4-12-19(17)13-14-20;3-1-2-4/h3-12H,13-14H2,1-2H3;4H,1-3H2/p+1. The van der Waals surface area contributed by atoms with Gasteiger partial charge in [-0.05, 0) is 29.8 Å². The molecule has 2 aromatic rings. The Kier molecular flexibility index (Phi) is 10.3. The van der Waals surface area contributed by atoms with E-state index in [0.29, 0.717) is 6.54 Å². The van der Waals surface area contributed by atoms with Crippen molar-refractivity contribution < 1.29 is 4.57 Å². The van der Waals surface area contributed by atoms with Crippen LogP contribution in [0.3, 0.4) is 0 Å². The summed E-state index contributed by atoms with van der Waals surface area (Å²) in [5, 5.41) is 0. The van der Waals surface area contributed by atoms with Gasteiger partial charge in [-0.15, -0.1) is 0 Å². The molecule has 24 heavy (non-hydrogen) atoms. The summed E-state index contributed by atoms with van der Waals surface area (Å²) in [7, 11) is 4.10. The summed E-state index contributed by atoms with van der Waals surface area (Å²) >= 11 is 8.09. The maximum atomic E-state index is 4.95. The van der Waals surface area contributed by atoms with Gasteiger partial charge in [-0.25, -0.2) is 0 Å². The Morgan fingerprint density at radius 1 is 1.00 bits per heavy atom. The van der Waals surface area contributed by atoms with E-state index >= 15 is 0 Å². The molecule has 0 saturated heterocycles. The molecular weight excluding hydrogens is 334 g/mol. The van der Waals surface area contributed by atoms with Crippen LogP contribution >= 0.6 is 25.3 Å². The lowest BCUT2D eigenvalue weighted by molar-refractivity contribution is -0.694. The van der Waals surface area contributed by atoms with Crippen LogP contribution in [0.4, 0.5) is 5.69 Å². The smallest absolute Gasteiger partial charge is 0.205 e. The van der Waals surface area contributed by atoms with Crippen molar-refractivity contribution in [3.8, 4) is 0 Å². The normalized spacial score (nSPS) is 10.4. The van der Waals surface area contributed by atoms with Gasteiger partial charge in [0.2, 0.25) is 5.69 Å². The van der Waals surface area contributed by atoms with E-state index in [9.17, 15) is 0 Å². The molecule has 1 heterocycles. The number of nitrogens with zero attached hydrogens (tertiary/aromatic N) is 2. The Morgan fingerprint density at radius 2 is 1.67 bits per heavy atom. The van der Waals surface area contributed by atoms with E-state index < -0.39 is 0 Å². The first-order valence-electron chi connectivity index (χ1n) is 7.98. The predicted octanol–water partition coefficient (Wildman–Crippen LogP) is 3.02. The number of aromatic nitrogens is 1. The molecule has 0 atom stereocenters. The van der Waals surface area contributed by atoms with Crippen molar-refractivity contribution in [2.24, 2.45) is 5.73 Å². The first-order valence-corrected chi connectivity index (χ1v) is 9.24. The topological polar surface area (TPSA) is 33.1 Å². The van der Waals surface area contributed by atoms with Crippen LogP contribution in [0.1, 0.15) is 11.3 Å². The minimum absolute atomic E-state index is 0.684. The summed E-state index contributed by atoms with van der Waals surface area (Å²) in [6.45, 7) is 1.60. The van der Waals surface area contributed by atoms with Crippen LogP contribution in [0, 0.1) is 0 Å². The van der Waals surface area contributed by atoms with Crippen LogP contribution in [0.5, 0.6) is 0 Å². The Balaban J connectivity index is 0.000000648. The molecule has 1 aromatic heterocycles. The summed E-state index contributed by atoms with van der Waals surface area (Å²) in [6.07, 6.45) is 6.38. The molecular formula is C19H28N3S2+. The van der Waals surface area contributed by atoms with Crippen molar-refractivity contribution in [1.29, 1.82) is 0 Å². The average Bonchev–Trinajstić information content (AvgIpc) is 2.62. The number of pyridine rings is 1. The van der Waals surface area contributed by atoms with Gasteiger partial charge in [0.25, 0.3) is 0 Å². The lowest BCUT2D eigenvalue weighted by atomic mass is 10.1. The van der Waals surface area contributed by atoms with Crippen molar-refractivity contribution >= 4 is 43.1 Å². The highest BCUT2D eigenvalue weighted by molar-refractivity contribution is 7.80. The minimum Gasteiger partial charge on any atom is -0.378 e. The molecule has 0 spiro atoms. The van der Waals surface area contributed by atoms with E-state index in [1.807, 2.05) is 6.07 Å². The molecule has 0 saturated carbocycles. The maximum absolute atomic E-state index is 4.95. The zero-order valence-electron chi connectivity index (χ0n) is 14.5. The highest BCUT2D eigenvalue weighted by Crippen LogP contribution is 2.13. The van der Waals surface area contributed by atoms with Gasteiger partial charge >= 0.3 is 0 Å². The molecule has 0 aliphatic heterocycles. The predicted molar refractivity (Wildman–Crippen MR) is 113 cm³/mol. The second kappa shape index (κ2) is 12.0. The van der Waals surface area contributed by atoms with Crippen molar-refractivity contribution in [2.75, 3.05) is 37.0 Å². The van der Waals surface area contributed by atoms with E-state index in [1.54, 1.807) is 0 Å². The lowest BCUT2D eigenvalue weighted by Crippen LogP contribution is -2.37. The molecule has 1 aromatic carbocycles. The van der Waals surface area contributed by atoms with Gasteiger partial charge in [-0.2, -0.15) is 29.8 Å². The fourth-order valence-corrected chi connectivity index (χ4v) is 2.23. The number of rotatable bonds is 6. The molecule has 5 heteroatoms. The fraction of sp³-hybridized carbons (Fsp3) is 0.316. The zero-order valence-corrected chi connectivity index (χ0v) is 16.3. The first-order chi connectivity index (χ1) is 11.6. The number of nitrogens with two attached hydrogens (primary N) is 1. The molecule has 0 radical (unpaired) electrons. The first kappa shape index (κ1) is 20.6. The third-order valence-corrected chi connectivity index (χ3v) is 3.76. The largest absolute Gasteiger partial charge is 0.378 e. The molecule has 0 bridgehead atoms. The summed E-state index contributed by atoms with van der Waals surface area (Å²) in [4.78, 5) is 2.10. The number of hydrogen-bond donors (Lipinski definition) is 3. The van der Waals surface area contributed by atoms with Crippen molar-refractivity contribution in [1.82, 2.24) is 0 Å². The average molecular weight is 363 g/mol. The molecule has 0 unspecified atom stereocenters. The second-order valence-electron chi connectivity index (χ2n) is 5.37. The molecule has 2 rings (SSSR count). The van der Waals surface area contributed by atoms with Crippen LogP contribution in [-0.2, 0) is 6.54 Å². The van der Waals surface area contributed by atoms with Crippen LogP contribution in [0.15, 0.2) is 48.7 Å². The van der Waals surface area contributed by atoms with Gasteiger partial charge in [-0.3, -0.25) is 0 Å². The van der Waals surface area contributed by atoms with Crippen LogP contribution in [0.2, 0.25) is 0 Å². The van der Waals surface area contributed by atoms with Gasteiger partial charge in [0.1, 0.15) is 0 Å². The molecule has 0 fully saturated rings. The molecule has 2 N–H and O–H groups in total. The maximum Gasteiger partial charge on any atom is 0.205 e. The van der Waals surface area contributed by atoms with E-state index in [2.05, 4.69) is 104 Å². The highest BCUT2D eigenvalue weighted by atomic mass is 32.1. The van der Waals surface area contributed by atoms with Crippen molar-refractivity contribution in [2.45, 2.75) is 6.54 Å². The monoisotopic (exact) mass is 362 g/mol. The lowest BCUT2D eigenvalue weighted by Gasteiger charge is -2.11. The van der Waals surface area contributed by atoms with E-state index in [4.69, 9.17) is 5.73 Å². The Bertz CT molecular complexity index is 608. The van der Waals surface area contributed by atoms with Gasteiger partial charge < -0.3 is 10.6 Å². The Labute approximate surface area is 157 Å². The Hall–Kier alpha value is -1.43. The van der Waals surface area contributed by atoms with Gasteiger partial charge in [0, 0.05) is 56.0 Å². The minimum atomic E-state index is 0.684. The van der Waals surface area contributed by atoms with Gasteiger partial charge in [-0.1, -0.05) is 12.1 Å². The molecule has 0 aliphatic rings. The number of benzene rings is 1. The van der Waals surface area contributed by atoms with Crippen LogP contribution < -0.4 is 15.2 Å². The summed E-state index contributed by atoms with van der Waals surface area (Å²) < 4.78 is 2.21. The van der Waals surface area contributed by atoms with Gasteiger partial charge in [0.05, 0.1) is 0 Å². The molecule has 0 amide bonds. The quantitative estimate of drug-likeness (QED) is 0.545. The van der Waals surface area contributed by atoms with E-state index in [1.165, 1.54) is 16.9 Å². The summed E-state index contributed by atoms with van der Waals surface area (Å²) in [5.41, 5.74) is 8.56. The van der Waals surface area contributed by atoms with Crippen molar-refractivity contribution in [3.05, 3.63) is 59.9 Å². The Morgan fingerprint density at radius 3 is 2.21 bits per heavy atom. The number of thiol groups is 2. The van der Waals surface area contributed by atoms with Crippen molar-refractivity contribution in [3.63, 3.8) is 0 Å². The van der Waals surface area contributed by atoms with Crippen LogP contribution in [0.25, 0.3) is 12.2 Å². The third-order valence-electron chi connectivity index (χ3n) is 3.30. The van der Waals surface area contributed by atoms with E-state index in [0.717, 1.165) is 18.1 Å². The highest BCUT2D eigenvalue weighted by Gasteiger charge is 2.04. The van der Waals surface area contributed by atoms with E-state index in [-0.39, 0.29) is 0 Å². The molecule has 3 nitrogen and oxygen atoms in total. The number of aryl methyl sites for hydroxylation is 1. The van der Waals surface area contributed by atoms with Crippen LogP contribution in [-0.4, -0.2) is 32.1 Å². The zero-order chi connectivity index (χ0) is 17.8. The molecule has 0 aliphatic carbocycles.